The summed E-state index contributed by atoms with van der Waals surface area (Å²) in [5.41, 5.74) is 0. The maximum absolute atomic E-state index is 12.9. The Morgan fingerprint density at radius 2 is 1.88 bits per heavy atom. The first-order chi connectivity index (χ1) is 12.6. The first-order valence-corrected chi connectivity index (χ1v) is 8.85. The van der Waals surface area contributed by atoms with Crippen molar-refractivity contribution in [2.24, 2.45) is 5.92 Å². The third kappa shape index (κ3) is 5.29. The second-order valence-corrected chi connectivity index (χ2v) is 6.61. The summed E-state index contributed by atoms with van der Waals surface area (Å²) in [7, 11) is 0. The van der Waals surface area contributed by atoms with Crippen LogP contribution in [-0.4, -0.2) is 42.1 Å². The van der Waals surface area contributed by atoms with Crippen molar-refractivity contribution >= 4 is 23.5 Å². The minimum Gasteiger partial charge on any atom is -0.484 e. The Morgan fingerprint density at radius 1 is 1.23 bits per heavy atom. The van der Waals surface area contributed by atoms with Crippen molar-refractivity contribution in [1.29, 1.82) is 0 Å². The molecule has 0 atom stereocenters. The lowest BCUT2D eigenvalue weighted by atomic mass is 9.97. The van der Waals surface area contributed by atoms with Gasteiger partial charge in [-0.05, 0) is 43.0 Å². The number of ether oxygens (including phenoxy) is 1. The first-order valence-electron chi connectivity index (χ1n) is 8.48. The lowest BCUT2D eigenvalue weighted by Gasteiger charge is -2.31. The summed E-state index contributed by atoms with van der Waals surface area (Å²) in [6.45, 7) is 2.16. The van der Waals surface area contributed by atoms with E-state index in [-0.39, 0.29) is 12.5 Å². The van der Waals surface area contributed by atoms with Crippen molar-refractivity contribution < 1.29 is 13.9 Å². The molecule has 0 aliphatic carbocycles. The minimum absolute atomic E-state index is 0.0239. The summed E-state index contributed by atoms with van der Waals surface area (Å²) >= 11 is 5.80. The van der Waals surface area contributed by atoms with E-state index in [1.54, 1.807) is 24.3 Å². The van der Waals surface area contributed by atoms with Crippen LogP contribution >= 0.6 is 11.6 Å². The number of carbonyl (C=O) groups excluding carboxylic acids is 1. The Kier molecular flexibility index (Phi) is 6.22. The number of piperidine rings is 1. The molecule has 2 heterocycles. The van der Waals surface area contributed by atoms with Gasteiger partial charge in [0.25, 0.3) is 5.91 Å². The highest BCUT2D eigenvalue weighted by Gasteiger charge is 2.21. The Balaban J connectivity index is 1.36. The highest BCUT2D eigenvalue weighted by Crippen LogP contribution is 2.20. The van der Waals surface area contributed by atoms with Gasteiger partial charge in [-0.1, -0.05) is 11.6 Å². The van der Waals surface area contributed by atoms with E-state index in [2.05, 4.69) is 15.3 Å². The minimum atomic E-state index is -0.438. The molecule has 26 heavy (non-hydrogen) atoms. The molecular weight excluding hydrogens is 359 g/mol. The number of anilines is 1. The van der Waals surface area contributed by atoms with Crippen molar-refractivity contribution in [2.45, 2.75) is 12.8 Å². The fourth-order valence-electron chi connectivity index (χ4n) is 2.79. The van der Waals surface area contributed by atoms with E-state index < -0.39 is 5.82 Å². The summed E-state index contributed by atoms with van der Waals surface area (Å²) in [6.07, 6.45) is 4.18. The number of amides is 1. The number of rotatable bonds is 6. The van der Waals surface area contributed by atoms with Crippen LogP contribution in [0.5, 0.6) is 5.75 Å². The quantitative estimate of drug-likeness (QED) is 0.837. The predicted molar refractivity (Wildman–Crippen MR) is 96.9 cm³/mol. The molecule has 6 nitrogen and oxygen atoms in total. The maximum atomic E-state index is 12.9. The van der Waals surface area contributed by atoms with Crippen molar-refractivity contribution in [1.82, 2.24) is 15.3 Å². The average molecular weight is 379 g/mol. The van der Waals surface area contributed by atoms with Crippen LogP contribution in [0.15, 0.2) is 36.7 Å². The molecule has 1 N–H and O–H groups in total. The Hall–Kier alpha value is -2.41. The Bertz CT molecular complexity index is 719. The predicted octanol–water partition coefficient (Wildman–Crippen LogP) is 2.68. The molecule has 0 saturated carbocycles. The second-order valence-electron chi connectivity index (χ2n) is 6.18. The molecule has 1 fully saturated rings. The molecule has 2 aromatic rings. The third-order valence-corrected chi connectivity index (χ3v) is 4.53. The second kappa shape index (κ2) is 8.80. The maximum Gasteiger partial charge on any atom is 0.257 e. The summed E-state index contributed by atoms with van der Waals surface area (Å²) in [6, 6.07) is 6.88. The standard InChI is InChI=1S/C18H20ClFN4O2/c19-14-1-3-16(4-2-14)26-12-17(25)21-9-13-5-7-24(8-6-13)18-22-10-15(20)11-23-18/h1-4,10-11,13H,5-9,12H2,(H,21,25). The molecule has 1 aliphatic rings. The molecule has 8 heteroatoms. The largest absolute Gasteiger partial charge is 0.484 e. The van der Waals surface area contributed by atoms with Gasteiger partial charge in [0.05, 0.1) is 12.4 Å². The molecule has 1 amide bonds. The fourth-order valence-corrected chi connectivity index (χ4v) is 2.92. The molecule has 0 bridgehead atoms. The van der Waals surface area contributed by atoms with Crippen LogP contribution in [-0.2, 0) is 4.79 Å². The summed E-state index contributed by atoms with van der Waals surface area (Å²) in [5, 5.41) is 3.53. The van der Waals surface area contributed by atoms with Crippen LogP contribution in [0.4, 0.5) is 10.3 Å². The molecule has 0 spiro atoms. The van der Waals surface area contributed by atoms with Gasteiger partial charge >= 0.3 is 0 Å². The van der Waals surface area contributed by atoms with Gasteiger partial charge in [0.15, 0.2) is 12.4 Å². The van der Waals surface area contributed by atoms with Crippen LogP contribution < -0.4 is 15.0 Å². The number of halogens is 2. The van der Waals surface area contributed by atoms with Gasteiger partial charge in [-0.3, -0.25) is 4.79 Å². The molecule has 138 valence electrons. The van der Waals surface area contributed by atoms with Gasteiger partial charge in [-0.2, -0.15) is 0 Å². The van der Waals surface area contributed by atoms with Gasteiger partial charge in [0.1, 0.15) is 5.75 Å². The van der Waals surface area contributed by atoms with Gasteiger partial charge in [-0.25, -0.2) is 14.4 Å². The van der Waals surface area contributed by atoms with E-state index >= 15 is 0 Å². The molecule has 1 aromatic heterocycles. The van der Waals surface area contributed by atoms with Crippen LogP contribution in [0.2, 0.25) is 5.02 Å². The van der Waals surface area contributed by atoms with E-state index in [0.717, 1.165) is 25.9 Å². The lowest BCUT2D eigenvalue weighted by molar-refractivity contribution is -0.123. The molecule has 1 aliphatic heterocycles. The lowest BCUT2D eigenvalue weighted by Crippen LogP contribution is -2.40. The van der Waals surface area contributed by atoms with Gasteiger partial charge in [0, 0.05) is 24.7 Å². The van der Waals surface area contributed by atoms with Crippen molar-refractivity contribution in [3.05, 3.63) is 47.5 Å². The van der Waals surface area contributed by atoms with Gasteiger partial charge in [0.2, 0.25) is 5.95 Å². The molecule has 0 unspecified atom stereocenters. The number of aromatic nitrogens is 2. The number of hydrogen-bond donors (Lipinski definition) is 1. The van der Waals surface area contributed by atoms with Crippen LogP contribution in [0.25, 0.3) is 0 Å². The number of nitrogens with one attached hydrogen (secondary N) is 1. The Morgan fingerprint density at radius 3 is 2.54 bits per heavy atom. The molecule has 1 aromatic carbocycles. The normalized spacial score (nSPS) is 14.9. The van der Waals surface area contributed by atoms with E-state index in [0.29, 0.717) is 29.2 Å². The SMILES string of the molecule is O=C(COc1ccc(Cl)cc1)NCC1CCN(c2ncc(F)cn2)CC1. The monoisotopic (exact) mass is 378 g/mol. The fraction of sp³-hybridized carbons (Fsp3) is 0.389. The zero-order valence-electron chi connectivity index (χ0n) is 14.2. The first kappa shape index (κ1) is 18.4. The number of carbonyl (C=O) groups is 1. The van der Waals surface area contributed by atoms with E-state index in [1.807, 2.05) is 4.90 Å². The third-order valence-electron chi connectivity index (χ3n) is 4.28. The van der Waals surface area contributed by atoms with Gasteiger partial charge in [-0.15, -0.1) is 0 Å². The summed E-state index contributed by atoms with van der Waals surface area (Å²) in [4.78, 5) is 22.0. The highest BCUT2D eigenvalue weighted by atomic mass is 35.5. The smallest absolute Gasteiger partial charge is 0.257 e. The zero-order chi connectivity index (χ0) is 18.4. The van der Waals surface area contributed by atoms with Gasteiger partial charge < -0.3 is 15.0 Å². The average Bonchev–Trinajstić information content (AvgIpc) is 2.67. The van der Waals surface area contributed by atoms with E-state index in [1.165, 1.54) is 12.4 Å². The van der Waals surface area contributed by atoms with Crippen molar-refractivity contribution in [3.63, 3.8) is 0 Å². The summed E-state index contributed by atoms with van der Waals surface area (Å²) in [5.74, 6) is 0.963. The molecule has 0 radical (unpaired) electrons. The van der Waals surface area contributed by atoms with Crippen LogP contribution in [0.1, 0.15) is 12.8 Å². The number of nitrogens with zero attached hydrogens (tertiary/aromatic N) is 3. The Labute approximate surface area is 156 Å². The molecular formula is C18H20ClFN4O2. The van der Waals surface area contributed by atoms with E-state index in [4.69, 9.17) is 16.3 Å². The summed E-state index contributed by atoms with van der Waals surface area (Å²) < 4.78 is 18.3. The molecule has 1 saturated heterocycles. The van der Waals surface area contributed by atoms with Crippen LogP contribution in [0, 0.1) is 11.7 Å². The highest BCUT2D eigenvalue weighted by molar-refractivity contribution is 6.30. The van der Waals surface area contributed by atoms with Crippen LogP contribution in [0.3, 0.4) is 0 Å². The van der Waals surface area contributed by atoms with E-state index in [9.17, 15) is 9.18 Å². The molecule has 3 rings (SSSR count). The van der Waals surface area contributed by atoms with Crippen molar-refractivity contribution in [3.8, 4) is 5.75 Å². The number of benzene rings is 1. The number of hydrogen-bond acceptors (Lipinski definition) is 5. The zero-order valence-corrected chi connectivity index (χ0v) is 15.0. The van der Waals surface area contributed by atoms with Crippen molar-refractivity contribution in [2.75, 3.05) is 31.1 Å². The topological polar surface area (TPSA) is 67.3 Å².